The van der Waals surface area contributed by atoms with Gasteiger partial charge in [-0.3, -0.25) is 0 Å². The Morgan fingerprint density at radius 1 is 1.27 bits per heavy atom. The van der Waals surface area contributed by atoms with Crippen molar-refractivity contribution in [2.75, 3.05) is 11.9 Å². The third-order valence-electron chi connectivity index (χ3n) is 2.16. The van der Waals surface area contributed by atoms with Gasteiger partial charge in [-0.25, -0.2) is 4.98 Å². The highest BCUT2D eigenvalue weighted by Gasteiger charge is 1.99. The summed E-state index contributed by atoms with van der Waals surface area (Å²) in [6, 6.07) is 12.1. The minimum Gasteiger partial charge on any atom is -0.369 e. The van der Waals surface area contributed by atoms with Crippen molar-refractivity contribution < 1.29 is 0 Å². The number of benzene rings is 1. The average molecular weight is 221 g/mol. The third-order valence-corrected chi connectivity index (χ3v) is 2.32. The molecule has 2 rings (SSSR count). The fourth-order valence-electron chi connectivity index (χ4n) is 1.41. The lowest BCUT2D eigenvalue weighted by atomic mass is 10.2. The molecule has 1 N–H and O–H groups in total. The molecule has 0 radical (unpaired) electrons. The molecule has 78 valence electrons. The van der Waals surface area contributed by atoms with Crippen LogP contribution in [0.25, 0.3) is 10.9 Å². The Morgan fingerprint density at radius 3 is 2.87 bits per heavy atom. The van der Waals surface area contributed by atoms with Crippen molar-refractivity contribution in [3.05, 3.63) is 36.4 Å². The number of nitrogens with one attached hydrogen (secondary N) is 1. The van der Waals surface area contributed by atoms with Crippen LogP contribution in [0.15, 0.2) is 36.4 Å². The van der Waals surface area contributed by atoms with Gasteiger partial charge < -0.3 is 5.32 Å². The van der Waals surface area contributed by atoms with Gasteiger partial charge in [0, 0.05) is 17.3 Å². The molecule has 15 heavy (non-hydrogen) atoms. The lowest BCUT2D eigenvalue weighted by Crippen LogP contribution is -2.11. The molecule has 2 aromatic rings. The Kier molecular flexibility index (Phi) is 3.07. The molecule has 0 saturated carbocycles. The molecule has 0 aliphatic carbocycles. The number of rotatable bonds is 3. The Hall–Kier alpha value is -1.28. The summed E-state index contributed by atoms with van der Waals surface area (Å²) in [4.78, 5) is 4.48. The van der Waals surface area contributed by atoms with Crippen molar-refractivity contribution in [2.24, 2.45) is 0 Å². The quantitative estimate of drug-likeness (QED) is 0.804. The maximum atomic E-state index is 5.86. The fraction of sp³-hybridized carbons (Fsp3) is 0.250. The molecule has 3 heteroatoms. The summed E-state index contributed by atoms with van der Waals surface area (Å²) in [5.41, 5.74) is 1.00. The number of hydrogen-bond donors (Lipinski definition) is 1. The number of hydrogen-bond acceptors (Lipinski definition) is 2. The number of alkyl halides is 1. The van der Waals surface area contributed by atoms with Crippen molar-refractivity contribution in [3.8, 4) is 0 Å². The number of fused-ring (bicyclic) bond motifs is 1. The van der Waals surface area contributed by atoms with Crippen LogP contribution >= 0.6 is 11.6 Å². The van der Waals surface area contributed by atoms with E-state index in [1.54, 1.807) is 0 Å². The first kappa shape index (κ1) is 10.2. The van der Waals surface area contributed by atoms with Gasteiger partial charge in [0.15, 0.2) is 0 Å². The van der Waals surface area contributed by atoms with Crippen LogP contribution in [0.5, 0.6) is 0 Å². The normalized spacial score (nSPS) is 12.7. The molecule has 0 aliphatic heterocycles. The van der Waals surface area contributed by atoms with E-state index in [-0.39, 0.29) is 5.38 Å². The molecule has 0 fully saturated rings. The van der Waals surface area contributed by atoms with Gasteiger partial charge in [-0.1, -0.05) is 18.2 Å². The van der Waals surface area contributed by atoms with E-state index >= 15 is 0 Å². The first-order chi connectivity index (χ1) is 7.25. The van der Waals surface area contributed by atoms with Crippen LogP contribution in [0.1, 0.15) is 6.92 Å². The van der Waals surface area contributed by atoms with Crippen LogP contribution < -0.4 is 5.32 Å². The van der Waals surface area contributed by atoms with E-state index in [0.29, 0.717) is 0 Å². The Balaban J connectivity index is 2.23. The van der Waals surface area contributed by atoms with Crippen LogP contribution in [0.3, 0.4) is 0 Å². The van der Waals surface area contributed by atoms with Crippen LogP contribution in [-0.4, -0.2) is 16.9 Å². The SMILES string of the molecule is CC(Cl)CNc1ccc2ccccc2n1. The summed E-state index contributed by atoms with van der Waals surface area (Å²) in [6.45, 7) is 2.68. The van der Waals surface area contributed by atoms with Crippen molar-refractivity contribution >= 4 is 28.3 Å². The first-order valence-corrected chi connectivity index (χ1v) is 5.43. The molecular formula is C12H13ClN2. The molecule has 0 spiro atoms. The second kappa shape index (κ2) is 4.49. The average Bonchev–Trinajstić information content (AvgIpc) is 2.26. The van der Waals surface area contributed by atoms with Gasteiger partial charge in [-0.2, -0.15) is 0 Å². The summed E-state index contributed by atoms with van der Waals surface area (Å²) in [7, 11) is 0. The van der Waals surface area contributed by atoms with Crippen LogP contribution in [0.4, 0.5) is 5.82 Å². The molecular weight excluding hydrogens is 208 g/mol. The summed E-state index contributed by atoms with van der Waals surface area (Å²) in [5.74, 6) is 0.876. The second-order valence-corrected chi connectivity index (χ2v) is 4.30. The second-order valence-electron chi connectivity index (χ2n) is 3.55. The van der Waals surface area contributed by atoms with Crippen LogP contribution in [0.2, 0.25) is 0 Å². The zero-order chi connectivity index (χ0) is 10.7. The highest BCUT2D eigenvalue weighted by Crippen LogP contribution is 2.14. The topological polar surface area (TPSA) is 24.9 Å². The highest BCUT2D eigenvalue weighted by molar-refractivity contribution is 6.20. The van der Waals surface area contributed by atoms with E-state index in [4.69, 9.17) is 11.6 Å². The molecule has 1 aromatic heterocycles. The van der Waals surface area contributed by atoms with Gasteiger partial charge in [0.1, 0.15) is 5.82 Å². The lowest BCUT2D eigenvalue weighted by Gasteiger charge is -2.07. The van der Waals surface area contributed by atoms with Gasteiger partial charge in [0.2, 0.25) is 0 Å². The van der Waals surface area contributed by atoms with E-state index in [9.17, 15) is 0 Å². The lowest BCUT2D eigenvalue weighted by molar-refractivity contribution is 0.980. The summed E-state index contributed by atoms with van der Waals surface area (Å²) in [5, 5.41) is 4.46. The largest absolute Gasteiger partial charge is 0.369 e. The van der Waals surface area contributed by atoms with E-state index in [1.165, 1.54) is 0 Å². The number of halogens is 1. The third kappa shape index (κ3) is 2.60. The standard InChI is InChI=1S/C12H13ClN2/c1-9(13)8-14-12-7-6-10-4-2-3-5-11(10)15-12/h2-7,9H,8H2,1H3,(H,14,15). The first-order valence-electron chi connectivity index (χ1n) is 4.99. The van der Waals surface area contributed by atoms with Crippen molar-refractivity contribution in [1.29, 1.82) is 0 Å². The monoisotopic (exact) mass is 220 g/mol. The molecule has 0 amide bonds. The van der Waals surface area contributed by atoms with E-state index in [2.05, 4.69) is 22.4 Å². The van der Waals surface area contributed by atoms with Crippen molar-refractivity contribution in [3.63, 3.8) is 0 Å². The number of nitrogens with zero attached hydrogens (tertiary/aromatic N) is 1. The van der Waals surface area contributed by atoms with Crippen LogP contribution in [0, 0.1) is 0 Å². The molecule has 0 saturated heterocycles. The minimum atomic E-state index is 0.110. The number of aromatic nitrogens is 1. The molecule has 1 unspecified atom stereocenters. The van der Waals surface area contributed by atoms with Gasteiger partial charge in [-0.05, 0) is 25.1 Å². The van der Waals surface area contributed by atoms with Gasteiger partial charge in [0.25, 0.3) is 0 Å². The maximum absolute atomic E-state index is 5.86. The number of anilines is 1. The van der Waals surface area contributed by atoms with Gasteiger partial charge in [-0.15, -0.1) is 11.6 Å². The number of para-hydroxylation sites is 1. The zero-order valence-corrected chi connectivity index (χ0v) is 9.33. The smallest absolute Gasteiger partial charge is 0.126 e. The molecule has 0 bridgehead atoms. The van der Waals surface area contributed by atoms with E-state index < -0.39 is 0 Å². The Morgan fingerprint density at radius 2 is 2.07 bits per heavy atom. The molecule has 1 atom stereocenters. The summed E-state index contributed by atoms with van der Waals surface area (Å²) in [6.07, 6.45) is 0. The van der Waals surface area contributed by atoms with Gasteiger partial charge in [0.05, 0.1) is 5.52 Å². The van der Waals surface area contributed by atoms with Crippen molar-refractivity contribution in [2.45, 2.75) is 12.3 Å². The predicted molar refractivity (Wildman–Crippen MR) is 65.5 cm³/mol. The molecule has 0 aliphatic rings. The van der Waals surface area contributed by atoms with Crippen molar-refractivity contribution in [1.82, 2.24) is 4.98 Å². The fourth-order valence-corrected chi connectivity index (χ4v) is 1.49. The maximum Gasteiger partial charge on any atom is 0.126 e. The molecule has 1 heterocycles. The minimum absolute atomic E-state index is 0.110. The number of pyridine rings is 1. The molecule has 2 nitrogen and oxygen atoms in total. The highest BCUT2D eigenvalue weighted by atomic mass is 35.5. The van der Waals surface area contributed by atoms with E-state index in [1.807, 2.05) is 31.2 Å². The predicted octanol–water partition coefficient (Wildman–Crippen LogP) is 3.27. The van der Waals surface area contributed by atoms with Gasteiger partial charge >= 0.3 is 0 Å². The Labute approximate surface area is 94.3 Å². The summed E-state index contributed by atoms with van der Waals surface area (Å²) < 4.78 is 0. The zero-order valence-electron chi connectivity index (χ0n) is 8.57. The van der Waals surface area contributed by atoms with Crippen LogP contribution in [-0.2, 0) is 0 Å². The van der Waals surface area contributed by atoms with E-state index in [0.717, 1.165) is 23.3 Å². The Bertz CT molecular complexity index is 454. The molecule has 1 aromatic carbocycles. The summed E-state index contributed by atoms with van der Waals surface area (Å²) >= 11 is 5.86.